The zero-order valence-electron chi connectivity index (χ0n) is 11.9. The van der Waals surface area contributed by atoms with Crippen molar-refractivity contribution in [2.24, 2.45) is 0 Å². The van der Waals surface area contributed by atoms with Gasteiger partial charge in [0.1, 0.15) is 13.2 Å². The smallest absolute Gasteiger partial charge is 0.338 e. The third kappa shape index (κ3) is 6.25. The largest absolute Gasteiger partial charge is 0.456 e. The van der Waals surface area contributed by atoms with E-state index >= 15 is 0 Å². The van der Waals surface area contributed by atoms with Crippen molar-refractivity contribution in [2.45, 2.75) is 7.43 Å². The number of anilines is 1. The fourth-order valence-corrected chi connectivity index (χ4v) is 1.39. The van der Waals surface area contributed by atoms with E-state index in [0.29, 0.717) is 12.2 Å². The number of quaternary nitrogens is 1. The third-order valence-electron chi connectivity index (χ3n) is 2.61. The molecule has 0 N–H and O–H groups in total. The lowest BCUT2D eigenvalue weighted by atomic mass is 10.2. The third-order valence-corrected chi connectivity index (χ3v) is 2.61. The zero-order chi connectivity index (χ0) is 13.8. The quantitative estimate of drug-likeness (QED) is 0.605. The topological polar surface area (TPSA) is 29.5 Å². The molecule has 1 rings (SSSR count). The summed E-state index contributed by atoms with van der Waals surface area (Å²) in [5.74, 6) is -0.256. The van der Waals surface area contributed by atoms with Crippen LogP contribution in [0.1, 0.15) is 17.8 Å². The molecule has 0 atom stereocenters. The van der Waals surface area contributed by atoms with Crippen molar-refractivity contribution in [2.75, 3.05) is 53.3 Å². The second kappa shape index (κ2) is 7.14. The van der Waals surface area contributed by atoms with Crippen LogP contribution in [0.5, 0.6) is 0 Å². The number of ether oxygens (including phenoxy) is 1. The molecule has 0 heterocycles. The first-order valence-corrected chi connectivity index (χ1v) is 6.04. The van der Waals surface area contributed by atoms with Gasteiger partial charge in [-0.1, -0.05) is 7.43 Å². The van der Waals surface area contributed by atoms with Gasteiger partial charge in [0.2, 0.25) is 0 Å². The maximum Gasteiger partial charge on any atom is 0.338 e. The number of likely N-dealkylation sites (N-methyl/N-ethyl adjacent to an activating group) is 1. The SMILES string of the molecule is C.CN(C)c1ccc(C(=O)OCC[N+](C)(C)C)cc1. The van der Waals surface area contributed by atoms with Crippen LogP contribution in [0.2, 0.25) is 0 Å². The number of carbonyl (C=O) groups excluding carboxylic acids is 1. The molecule has 19 heavy (non-hydrogen) atoms. The second-order valence-corrected chi connectivity index (χ2v) is 5.59. The molecule has 0 aliphatic carbocycles. The molecule has 1 aromatic rings. The van der Waals surface area contributed by atoms with E-state index < -0.39 is 0 Å². The molecule has 0 spiro atoms. The maximum atomic E-state index is 11.8. The van der Waals surface area contributed by atoms with Gasteiger partial charge in [0.05, 0.1) is 26.7 Å². The fraction of sp³-hybridized carbons (Fsp3) is 0.533. The summed E-state index contributed by atoms with van der Waals surface area (Å²) in [6.07, 6.45) is 0. The van der Waals surface area contributed by atoms with Gasteiger partial charge in [-0.3, -0.25) is 0 Å². The molecule has 4 nitrogen and oxygen atoms in total. The van der Waals surface area contributed by atoms with E-state index in [9.17, 15) is 4.79 Å². The molecular weight excluding hydrogens is 240 g/mol. The van der Waals surface area contributed by atoms with E-state index in [1.54, 1.807) is 12.1 Å². The molecule has 0 aliphatic rings. The molecule has 0 saturated carbocycles. The lowest BCUT2D eigenvalue weighted by Gasteiger charge is -2.23. The van der Waals surface area contributed by atoms with Gasteiger partial charge in [-0.15, -0.1) is 0 Å². The van der Waals surface area contributed by atoms with Crippen LogP contribution in [0.15, 0.2) is 24.3 Å². The van der Waals surface area contributed by atoms with E-state index in [2.05, 4.69) is 21.1 Å². The van der Waals surface area contributed by atoms with Crippen LogP contribution in [0.3, 0.4) is 0 Å². The standard InChI is InChI=1S/C14H23N2O2.CH4/c1-15(2)13-8-6-12(7-9-13)14(17)18-11-10-16(3,4)5;/h6-9H,10-11H2,1-5H3;1H4/q+1;. The van der Waals surface area contributed by atoms with Gasteiger partial charge in [-0.25, -0.2) is 4.79 Å². The van der Waals surface area contributed by atoms with E-state index in [1.165, 1.54) is 0 Å². The minimum Gasteiger partial charge on any atom is -0.456 e. The van der Waals surface area contributed by atoms with Crippen LogP contribution >= 0.6 is 0 Å². The van der Waals surface area contributed by atoms with Gasteiger partial charge in [-0.2, -0.15) is 0 Å². The molecule has 0 saturated heterocycles. The fourth-order valence-electron chi connectivity index (χ4n) is 1.39. The normalized spacial score (nSPS) is 10.6. The Labute approximate surface area is 117 Å². The molecule has 0 bridgehead atoms. The van der Waals surface area contributed by atoms with Crippen molar-refractivity contribution < 1.29 is 14.0 Å². The predicted octanol–water partition coefficient (Wildman–Crippen LogP) is 2.25. The second-order valence-electron chi connectivity index (χ2n) is 5.59. The monoisotopic (exact) mass is 267 g/mol. The molecular formula is C15H27N2O2+. The highest BCUT2D eigenvalue weighted by atomic mass is 16.5. The minimum absolute atomic E-state index is 0. The summed E-state index contributed by atoms with van der Waals surface area (Å²) in [6, 6.07) is 7.42. The van der Waals surface area contributed by atoms with Crippen LogP contribution in [-0.4, -0.2) is 58.8 Å². The van der Waals surface area contributed by atoms with Crippen molar-refractivity contribution >= 4 is 11.7 Å². The van der Waals surface area contributed by atoms with Crippen LogP contribution < -0.4 is 4.90 Å². The first-order chi connectivity index (χ1) is 8.29. The molecule has 0 aromatic heterocycles. The van der Waals surface area contributed by atoms with Gasteiger partial charge in [0.15, 0.2) is 0 Å². The molecule has 108 valence electrons. The Morgan fingerprint density at radius 3 is 2.11 bits per heavy atom. The summed E-state index contributed by atoms with van der Waals surface area (Å²) in [5, 5.41) is 0. The highest BCUT2D eigenvalue weighted by molar-refractivity contribution is 5.89. The molecule has 0 unspecified atom stereocenters. The predicted molar refractivity (Wildman–Crippen MR) is 80.7 cm³/mol. The number of benzene rings is 1. The number of hydrogen-bond donors (Lipinski definition) is 0. The summed E-state index contributed by atoms with van der Waals surface area (Å²) < 4.78 is 6.02. The van der Waals surface area contributed by atoms with Gasteiger partial charge in [-0.05, 0) is 24.3 Å². The van der Waals surface area contributed by atoms with Crippen molar-refractivity contribution in [1.29, 1.82) is 0 Å². The Hall–Kier alpha value is -1.55. The van der Waals surface area contributed by atoms with Crippen LogP contribution in [-0.2, 0) is 4.74 Å². The molecule has 0 fully saturated rings. The number of esters is 1. The molecule has 1 aromatic carbocycles. The van der Waals surface area contributed by atoms with E-state index in [0.717, 1.165) is 16.7 Å². The summed E-state index contributed by atoms with van der Waals surface area (Å²) in [4.78, 5) is 13.8. The molecule has 0 amide bonds. The average molecular weight is 267 g/mol. The molecule has 0 aliphatic heterocycles. The first kappa shape index (κ1) is 17.4. The zero-order valence-corrected chi connectivity index (χ0v) is 11.9. The lowest BCUT2D eigenvalue weighted by molar-refractivity contribution is -0.870. The maximum absolute atomic E-state index is 11.8. The van der Waals surface area contributed by atoms with Crippen molar-refractivity contribution in [1.82, 2.24) is 0 Å². The first-order valence-electron chi connectivity index (χ1n) is 6.04. The Balaban J connectivity index is 0.00000324. The summed E-state index contributed by atoms with van der Waals surface area (Å²) in [5.41, 5.74) is 1.67. The lowest BCUT2D eigenvalue weighted by Crippen LogP contribution is -2.38. The van der Waals surface area contributed by atoms with Gasteiger partial charge in [0.25, 0.3) is 0 Å². The number of rotatable bonds is 5. The van der Waals surface area contributed by atoms with Crippen LogP contribution in [0.25, 0.3) is 0 Å². The van der Waals surface area contributed by atoms with E-state index in [1.807, 2.05) is 31.1 Å². The highest BCUT2D eigenvalue weighted by Gasteiger charge is 2.11. The van der Waals surface area contributed by atoms with E-state index in [4.69, 9.17) is 4.74 Å². The summed E-state index contributed by atoms with van der Waals surface area (Å²) in [6.45, 7) is 1.25. The highest BCUT2D eigenvalue weighted by Crippen LogP contribution is 2.12. The van der Waals surface area contributed by atoms with E-state index in [-0.39, 0.29) is 13.4 Å². The Bertz CT molecular complexity index is 392. The number of hydrogen-bond acceptors (Lipinski definition) is 3. The molecule has 0 radical (unpaired) electrons. The van der Waals surface area contributed by atoms with Crippen molar-refractivity contribution in [3.05, 3.63) is 29.8 Å². The Morgan fingerprint density at radius 1 is 1.16 bits per heavy atom. The van der Waals surface area contributed by atoms with Gasteiger partial charge < -0.3 is 14.1 Å². The minimum atomic E-state index is -0.256. The van der Waals surface area contributed by atoms with Crippen molar-refractivity contribution in [3.8, 4) is 0 Å². The van der Waals surface area contributed by atoms with Crippen LogP contribution in [0.4, 0.5) is 5.69 Å². The number of carbonyl (C=O) groups is 1. The Kier molecular flexibility index (Phi) is 6.56. The summed E-state index contributed by atoms with van der Waals surface area (Å²) >= 11 is 0. The summed E-state index contributed by atoms with van der Waals surface area (Å²) in [7, 11) is 10.1. The van der Waals surface area contributed by atoms with Gasteiger partial charge in [0, 0.05) is 19.8 Å². The number of nitrogens with zero attached hydrogens (tertiary/aromatic N) is 2. The average Bonchev–Trinajstić information content (AvgIpc) is 2.27. The van der Waals surface area contributed by atoms with Crippen LogP contribution in [0, 0.1) is 0 Å². The van der Waals surface area contributed by atoms with Crippen molar-refractivity contribution in [3.63, 3.8) is 0 Å². The Morgan fingerprint density at radius 2 is 1.68 bits per heavy atom. The van der Waals surface area contributed by atoms with Gasteiger partial charge >= 0.3 is 5.97 Å². The molecule has 4 heteroatoms.